The Bertz CT molecular complexity index is 577. The van der Waals surface area contributed by atoms with Crippen LogP contribution in [0.5, 0.6) is 0 Å². The first-order chi connectivity index (χ1) is 8.59. The maximum absolute atomic E-state index is 11.0. The topological polar surface area (TPSA) is 62.5 Å². The third kappa shape index (κ3) is 2.56. The number of carboxylic acids is 1. The molecule has 0 aliphatic carbocycles. The monoisotopic (exact) mass is 309 g/mol. The lowest BCUT2D eigenvalue weighted by molar-refractivity contribution is 0.0696. The van der Waals surface area contributed by atoms with Crippen molar-refractivity contribution in [2.45, 2.75) is 13.5 Å². The van der Waals surface area contributed by atoms with Crippen LogP contribution in [0.3, 0.4) is 0 Å². The predicted molar refractivity (Wildman–Crippen MR) is 71.9 cm³/mol. The van der Waals surface area contributed by atoms with Crippen LogP contribution in [0, 0.1) is 6.92 Å². The number of halogens is 1. The molecular weight excluding hydrogens is 298 g/mol. The van der Waals surface area contributed by atoms with Gasteiger partial charge in [-0.15, -0.1) is 0 Å². The second kappa shape index (κ2) is 5.27. The maximum Gasteiger partial charge on any atom is 0.336 e. The van der Waals surface area contributed by atoms with E-state index in [4.69, 9.17) is 9.52 Å². The van der Waals surface area contributed by atoms with E-state index in [1.807, 2.05) is 12.1 Å². The molecule has 4 nitrogen and oxygen atoms in total. The smallest absolute Gasteiger partial charge is 0.336 e. The van der Waals surface area contributed by atoms with Crippen LogP contribution in [-0.2, 0) is 6.54 Å². The van der Waals surface area contributed by atoms with Crippen LogP contribution in [-0.4, -0.2) is 11.1 Å². The van der Waals surface area contributed by atoms with Gasteiger partial charge in [-0.05, 0) is 46.6 Å². The van der Waals surface area contributed by atoms with E-state index in [0.29, 0.717) is 17.7 Å². The highest BCUT2D eigenvalue weighted by Crippen LogP contribution is 2.22. The molecule has 0 unspecified atom stereocenters. The molecule has 2 aromatic rings. The Kier molecular flexibility index (Phi) is 3.72. The number of benzene rings is 1. The average Bonchev–Trinajstić information content (AvgIpc) is 2.73. The minimum atomic E-state index is -0.921. The molecule has 2 N–H and O–H groups in total. The number of carboxylic acid groups (broad SMARTS) is 1. The van der Waals surface area contributed by atoms with Crippen LogP contribution < -0.4 is 5.32 Å². The van der Waals surface area contributed by atoms with Gasteiger partial charge < -0.3 is 14.8 Å². The van der Waals surface area contributed by atoms with E-state index in [1.165, 1.54) is 0 Å². The molecule has 0 amide bonds. The van der Waals surface area contributed by atoms with Crippen molar-refractivity contribution in [2.24, 2.45) is 0 Å². The van der Waals surface area contributed by atoms with Gasteiger partial charge in [0.15, 0.2) is 0 Å². The van der Waals surface area contributed by atoms with Gasteiger partial charge in [0, 0.05) is 5.69 Å². The molecule has 0 bridgehead atoms. The molecule has 2 rings (SSSR count). The van der Waals surface area contributed by atoms with Gasteiger partial charge >= 0.3 is 5.97 Å². The summed E-state index contributed by atoms with van der Waals surface area (Å²) in [7, 11) is 0. The van der Waals surface area contributed by atoms with E-state index in [2.05, 4.69) is 21.2 Å². The normalized spacial score (nSPS) is 10.3. The molecule has 0 aliphatic heterocycles. The van der Waals surface area contributed by atoms with Gasteiger partial charge in [0.2, 0.25) is 0 Å². The summed E-state index contributed by atoms with van der Waals surface area (Å²) in [6.45, 7) is 2.28. The Morgan fingerprint density at radius 2 is 2.22 bits per heavy atom. The fourth-order valence-corrected chi connectivity index (χ4v) is 2.03. The van der Waals surface area contributed by atoms with Crippen LogP contribution in [0.1, 0.15) is 21.7 Å². The molecule has 0 fully saturated rings. The van der Waals surface area contributed by atoms with Gasteiger partial charge in [-0.3, -0.25) is 0 Å². The third-order valence-electron chi connectivity index (χ3n) is 2.69. The molecule has 5 heteroatoms. The number of aromatic carboxylic acids is 1. The Morgan fingerprint density at radius 3 is 2.83 bits per heavy atom. The summed E-state index contributed by atoms with van der Waals surface area (Å²) in [6.07, 6.45) is 1.60. The molecule has 1 aromatic carbocycles. The van der Waals surface area contributed by atoms with Crippen molar-refractivity contribution < 1.29 is 14.3 Å². The van der Waals surface area contributed by atoms with Crippen LogP contribution in [0.2, 0.25) is 0 Å². The summed E-state index contributed by atoms with van der Waals surface area (Å²) in [4.78, 5) is 11.0. The summed E-state index contributed by atoms with van der Waals surface area (Å²) in [5, 5.41) is 12.2. The SMILES string of the molecule is Cc1c(NCc2occc2Br)cccc1C(=O)O. The Morgan fingerprint density at radius 1 is 1.44 bits per heavy atom. The number of rotatable bonds is 4. The van der Waals surface area contributed by atoms with Crippen LogP contribution >= 0.6 is 15.9 Å². The van der Waals surface area contributed by atoms with Crippen molar-refractivity contribution in [2.75, 3.05) is 5.32 Å². The first-order valence-corrected chi connectivity index (χ1v) is 6.17. The first kappa shape index (κ1) is 12.7. The van der Waals surface area contributed by atoms with Crippen molar-refractivity contribution in [1.82, 2.24) is 0 Å². The van der Waals surface area contributed by atoms with E-state index in [1.54, 1.807) is 25.3 Å². The number of anilines is 1. The first-order valence-electron chi connectivity index (χ1n) is 5.38. The van der Waals surface area contributed by atoms with E-state index in [0.717, 1.165) is 15.9 Å². The minimum absolute atomic E-state index is 0.304. The summed E-state index contributed by atoms with van der Waals surface area (Å²) in [5.74, 6) is -0.148. The molecule has 0 saturated carbocycles. The van der Waals surface area contributed by atoms with Crippen molar-refractivity contribution in [3.63, 3.8) is 0 Å². The summed E-state index contributed by atoms with van der Waals surface area (Å²) < 4.78 is 6.17. The Hall–Kier alpha value is -1.75. The van der Waals surface area contributed by atoms with Gasteiger partial charge in [0.05, 0.1) is 22.8 Å². The van der Waals surface area contributed by atoms with E-state index in [-0.39, 0.29) is 0 Å². The number of carbonyl (C=O) groups is 1. The Labute approximate surface area is 113 Å². The van der Waals surface area contributed by atoms with Crippen LogP contribution in [0.25, 0.3) is 0 Å². The van der Waals surface area contributed by atoms with Crippen LogP contribution in [0.4, 0.5) is 5.69 Å². The fraction of sp³-hybridized carbons (Fsp3) is 0.154. The zero-order valence-corrected chi connectivity index (χ0v) is 11.3. The minimum Gasteiger partial charge on any atom is -0.478 e. The largest absolute Gasteiger partial charge is 0.478 e. The molecular formula is C13H12BrNO3. The molecule has 0 saturated heterocycles. The Balaban J connectivity index is 2.17. The van der Waals surface area contributed by atoms with Gasteiger partial charge in [-0.25, -0.2) is 4.79 Å². The maximum atomic E-state index is 11.0. The van der Waals surface area contributed by atoms with Crippen molar-refractivity contribution >= 4 is 27.6 Å². The van der Waals surface area contributed by atoms with Gasteiger partial charge in [-0.1, -0.05) is 6.07 Å². The fourth-order valence-electron chi connectivity index (χ4n) is 1.69. The molecule has 1 aromatic heterocycles. The summed E-state index contributed by atoms with van der Waals surface area (Å²) in [6, 6.07) is 6.97. The molecule has 0 radical (unpaired) electrons. The third-order valence-corrected chi connectivity index (χ3v) is 3.40. The van der Waals surface area contributed by atoms with E-state index < -0.39 is 5.97 Å². The lowest BCUT2D eigenvalue weighted by Gasteiger charge is -2.10. The number of nitrogens with one attached hydrogen (secondary N) is 1. The molecule has 18 heavy (non-hydrogen) atoms. The number of hydrogen-bond acceptors (Lipinski definition) is 3. The molecule has 1 heterocycles. The number of furan rings is 1. The number of hydrogen-bond donors (Lipinski definition) is 2. The van der Waals surface area contributed by atoms with Crippen molar-refractivity contribution in [3.05, 3.63) is 51.9 Å². The standard InChI is InChI=1S/C13H12BrNO3/c1-8-9(13(16)17)3-2-4-11(8)15-7-12-10(14)5-6-18-12/h2-6,15H,7H2,1H3,(H,16,17). The lowest BCUT2D eigenvalue weighted by Crippen LogP contribution is -2.05. The predicted octanol–water partition coefficient (Wildman–Crippen LogP) is 3.66. The van der Waals surface area contributed by atoms with E-state index >= 15 is 0 Å². The van der Waals surface area contributed by atoms with Crippen molar-refractivity contribution in [3.8, 4) is 0 Å². The molecule has 0 atom stereocenters. The zero-order valence-electron chi connectivity index (χ0n) is 9.74. The van der Waals surface area contributed by atoms with Crippen molar-refractivity contribution in [1.29, 1.82) is 0 Å². The molecule has 94 valence electrons. The zero-order chi connectivity index (χ0) is 13.1. The lowest BCUT2D eigenvalue weighted by atomic mass is 10.1. The summed E-state index contributed by atoms with van der Waals surface area (Å²) in [5.41, 5.74) is 1.81. The average molecular weight is 310 g/mol. The van der Waals surface area contributed by atoms with Gasteiger partial charge in [-0.2, -0.15) is 0 Å². The highest BCUT2D eigenvalue weighted by atomic mass is 79.9. The van der Waals surface area contributed by atoms with Gasteiger partial charge in [0.25, 0.3) is 0 Å². The highest BCUT2D eigenvalue weighted by molar-refractivity contribution is 9.10. The highest BCUT2D eigenvalue weighted by Gasteiger charge is 2.10. The molecule has 0 spiro atoms. The molecule has 0 aliphatic rings. The second-order valence-electron chi connectivity index (χ2n) is 3.83. The quantitative estimate of drug-likeness (QED) is 0.904. The van der Waals surface area contributed by atoms with Crippen LogP contribution in [0.15, 0.2) is 39.4 Å². The summed E-state index contributed by atoms with van der Waals surface area (Å²) >= 11 is 3.37. The second-order valence-corrected chi connectivity index (χ2v) is 4.68. The van der Waals surface area contributed by atoms with Gasteiger partial charge in [0.1, 0.15) is 5.76 Å². The van der Waals surface area contributed by atoms with E-state index in [9.17, 15) is 4.79 Å².